The van der Waals surface area contributed by atoms with Crippen LogP contribution in [0.5, 0.6) is 0 Å². The molecule has 0 atom stereocenters. The van der Waals surface area contributed by atoms with Gasteiger partial charge in [0.2, 0.25) is 0 Å². The van der Waals surface area contributed by atoms with Crippen LogP contribution in [-0.2, 0) is 6.54 Å². The van der Waals surface area contributed by atoms with Crippen molar-refractivity contribution in [1.82, 2.24) is 15.1 Å². The first-order chi connectivity index (χ1) is 9.70. The quantitative estimate of drug-likeness (QED) is 0.868. The van der Waals surface area contributed by atoms with E-state index >= 15 is 0 Å². The first-order valence-electron chi connectivity index (χ1n) is 6.67. The van der Waals surface area contributed by atoms with Gasteiger partial charge in [-0.15, -0.1) is 21.5 Å². The SMILES string of the molecule is Cc1nnc(CN2CC=C(c3ccc(F)cc3)CC2)s1. The molecule has 2 aromatic rings. The Bertz CT molecular complexity index is 618. The predicted molar refractivity (Wildman–Crippen MR) is 78.9 cm³/mol. The normalized spacial score (nSPS) is 16.2. The summed E-state index contributed by atoms with van der Waals surface area (Å²) in [5.74, 6) is -0.182. The lowest BCUT2D eigenvalue weighted by Crippen LogP contribution is -2.27. The lowest BCUT2D eigenvalue weighted by Gasteiger charge is -2.25. The van der Waals surface area contributed by atoms with Crippen LogP contribution in [-0.4, -0.2) is 28.2 Å². The maximum absolute atomic E-state index is 12.9. The smallest absolute Gasteiger partial charge is 0.131 e. The fraction of sp³-hybridized carbons (Fsp3) is 0.333. The van der Waals surface area contributed by atoms with E-state index in [1.807, 2.05) is 19.1 Å². The number of nitrogens with zero attached hydrogens (tertiary/aromatic N) is 3. The zero-order valence-corrected chi connectivity index (χ0v) is 12.2. The Balaban J connectivity index is 1.64. The highest BCUT2D eigenvalue weighted by Crippen LogP contribution is 2.23. The Kier molecular flexibility index (Phi) is 3.89. The summed E-state index contributed by atoms with van der Waals surface area (Å²) in [5.41, 5.74) is 2.42. The zero-order chi connectivity index (χ0) is 13.9. The van der Waals surface area contributed by atoms with Gasteiger partial charge in [-0.1, -0.05) is 18.2 Å². The van der Waals surface area contributed by atoms with E-state index in [1.54, 1.807) is 11.3 Å². The third-order valence-electron chi connectivity index (χ3n) is 3.44. The molecule has 0 unspecified atom stereocenters. The van der Waals surface area contributed by atoms with E-state index in [4.69, 9.17) is 0 Å². The Hall–Kier alpha value is -1.59. The first-order valence-corrected chi connectivity index (χ1v) is 7.49. The zero-order valence-electron chi connectivity index (χ0n) is 11.3. The van der Waals surface area contributed by atoms with Gasteiger partial charge in [0.15, 0.2) is 0 Å². The number of hydrogen-bond acceptors (Lipinski definition) is 4. The van der Waals surface area contributed by atoms with E-state index in [9.17, 15) is 4.39 Å². The maximum Gasteiger partial charge on any atom is 0.131 e. The van der Waals surface area contributed by atoms with E-state index in [2.05, 4.69) is 21.2 Å². The summed E-state index contributed by atoms with van der Waals surface area (Å²) >= 11 is 1.65. The van der Waals surface area contributed by atoms with E-state index < -0.39 is 0 Å². The van der Waals surface area contributed by atoms with Gasteiger partial charge >= 0.3 is 0 Å². The van der Waals surface area contributed by atoms with Crippen molar-refractivity contribution in [2.45, 2.75) is 19.9 Å². The second-order valence-corrected chi connectivity index (χ2v) is 6.20. The Morgan fingerprint density at radius 2 is 2.05 bits per heavy atom. The van der Waals surface area contributed by atoms with Gasteiger partial charge in [0.1, 0.15) is 15.8 Å². The number of benzene rings is 1. The van der Waals surface area contributed by atoms with E-state index in [0.717, 1.165) is 41.6 Å². The Morgan fingerprint density at radius 3 is 2.65 bits per heavy atom. The van der Waals surface area contributed by atoms with Gasteiger partial charge in [0, 0.05) is 13.1 Å². The van der Waals surface area contributed by atoms with Crippen LogP contribution in [0.3, 0.4) is 0 Å². The van der Waals surface area contributed by atoms with E-state index in [1.165, 1.54) is 17.7 Å². The van der Waals surface area contributed by atoms with Crippen LogP contribution >= 0.6 is 11.3 Å². The van der Waals surface area contributed by atoms with Crippen LogP contribution in [0.4, 0.5) is 4.39 Å². The number of aromatic nitrogens is 2. The molecular formula is C15H16FN3S. The molecule has 0 N–H and O–H groups in total. The molecule has 0 fully saturated rings. The molecular weight excluding hydrogens is 273 g/mol. The van der Waals surface area contributed by atoms with Gasteiger partial charge in [0.05, 0.1) is 6.54 Å². The minimum atomic E-state index is -0.182. The molecule has 5 heteroatoms. The molecule has 0 radical (unpaired) electrons. The van der Waals surface area contributed by atoms with Crippen molar-refractivity contribution in [2.75, 3.05) is 13.1 Å². The Labute approximate surface area is 121 Å². The van der Waals surface area contributed by atoms with E-state index in [0.29, 0.717) is 0 Å². The topological polar surface area (TPSA) is 29.0 Å². The summed E-state index contributed by atoms with van der Waals surface area (Å²) in [6.45, 7) is 4.75. The summed E-state index contributed by atoms with van der Waals surface area (Å²) in [6, 6.07) is 6.75. The molecule has 0 amide bonds. The van der Waals surface area contributed by atoms with Crippen molar-refractivity contribution in [1.29, 1.82) is 0 Å². The molecule has 2 heterocycles. The molecule has 1 aromatic heterocycles. The van der Waals surface area contributed by atoms with Gasteiger partial charge in [-0.05, 0) is 36.6 Å². The average Bonchev–Trinajstić information content (AvgIpc) is 2.86. The van der Waals surface area contributed by atoms with Crippen molar-refractivity contribution in [2.24, 2.45) is 0 Å². The standard InChI is InChI=1S/C15H16FN3S/c1-11-17-18-15(20-11)10-19-8-6-13(7-9-19)12-2-4-14(16)5-3-12/h2-6H,7-10H2,1H3. The molecule has 1 aromatic carbocycles. The molecule has 0 spiro atoms. The molecule has 20 heavy (non-hydrogen) atoms. The molecule has 3 rings (SSSR count). The fourth-order valence-corrected chi connectivity index (χ4v) is 3.13. The summed E-state index contributed by atoms with van der Waals surface area (Å²) in [5, 5.41) is 10.3. The number of aryl methyl sites for hydroxylation is 1. The lowest BCUT2D eigenvalue weighted by molar-refractivity contribution is 0.292. The van der Waals surface area contributed by atoms with Crippen molar-refractivity contribution < 1.29 is 4.39 Å². The van der Waals surface area contributed by atoms with Crippen LogP contribution in [0, 0.1) is 12.7 Å². The summed E-state index contributed by atoms with van der Waals surface area (Å²) in [6.07, 6.45) is 3.22. The molecule has 1 aliphatic rings. The highest BCUT2D eigenvalue weighted by Gasteiger charge is 2.14. The number of rotatable bonds is 3. The molecule has 0 saturated carbocycles. The van der Waals surface area contributed by atoms with Crippen molar-refractivity contribution in [3.8, 4) is 0 Å². The highest BCUT2D eigenvalue weighted by atomic mass is 32.1. The summed E-state index contributed by atoms with van der Waals surface area (Å²) < 4.78 is 12.9. The van der Waals surface area contributed by atoms with E-state index in [-0.39, 0.29) is 5.82 Å². The number of hydrogen-bond donors (Lipinski definition) is 0. The number of halogens is 1. The second-order valence-electron chi connectivity index (χ2n) is 4.94. The van der Waals surface area contributed by atoms with Crippen molar-refractivity contribution in [3.05, 3.63) is 51.7 Å². The predicted octanol–water partition coefficient (Wildman–Crippen LogP) is 3.27. The van der Waals surface area contributed by atoms with Crippen molar-refractivity contribution >= 4 is 16.9 Å². The van der Waals surface area contributed by atoms with Crippen LogP contribution in [0.25, 0.3) is 5.57 Å². The second kappa shape index (κ2) is 5.81. The maximum atomic E-state index is 12.9. The highest BCUT2D eigenvalue weighted by molar-refractivity contribution is 7.11. The molecule has 104 valence electrons. The summed E-state index contributed by atoms with van der Waals surface area (Å²) in [7, 11) is 0. The molecule has 1 aliphatic heterocycles. The van der Waals surface area contributed by atoms with Gasteiger partial charge in [-0.25, -0.2) is 4.39 Å². The minimum Gasteiger partial charge on any atom is -0.293 e. The minimum absolute atomic E-state index is 0.182. The Morgan fingerprint density at radius 1 is 1.25 bits per heavy atom. The third kappa shape index (κ3) is 3.11. The van der Waals surface area contributed by atoms with Crippen LogP contribution < -0.4 is 0 Å². The largest absolute Gasteiger partial charge is 0.293 e. The molecule has 0 bridgehead atoms. The van der Waals surface area contributed by atoms with Crippen LogP contribution in [0.1, 0.15) is 22.0 Å². The molecule has 3 nitrogen and oxygen atoms in total. The molecule has 0 saturated heterocycles. The monoisotopic (exact) mass is 289 g/mol. The van der Waals surface area contributed by atoms with Gasteiger partial charge < -0.3 is 0 Å². The third-order valence-corrected chi connectivity index (χ3v) is 4.26. The average molecular weight is 289 g/mol. The molecule has 0 aliphatic carbocycles. The first kappa shape index (κ1) is 13.4. The van der Waals surface area contributed by atoms with Crippen molar-refractivity contribution in [3.63, 3.8) is 0 Å². The fourth-order valence-electron chi connectivity index (χ4n) is 2.37. The van der Waals surface area contributed by atoms with Crippen LogP contribution in [0.2, 0.25) is 0 Å². The van der Waals surface area contributed by atoms with Crippen LogP contribution in [0.15, 0.2) is 30.3 Å². The lowest BCUT2D eigenvalue weighted by atomic mass is 9.99. The van der Waals surface area contributed by atoms with Gasteiger partial charge in [-0.3, -0.25) is 4.90 Å². The van der Waals surface area contributed by atoms with Gasteiger partial charge in [-0.2, -0.15) is 0 Å². The van der Waals surface area contributed by atoms with Gasteiger partial charge in [0.25, 0.3) is 0 Å². The summed E-state index contributed by atoms with van der Waals surface area (Å²) in [4.78, 5) is 2.35.